The predicted molar refractivity (Wildman–Crippen MR) is 78.0 cm³/mol. The second-order valence-corrected chi connectivity index (χ2v) is 3.71. The highest BCUT2D eigenvalue weighted by Gasteiger charge is 1.99. The van der Waals surface area contributed by atoms with Crippen LogP contribution in [0, 0.1) is 11.3 Å². The van der Waals surface area contributed by atoms with Crippen LogP contribution in [-0.4, -0.2) is 0 Å². The maximum absolute atomic E-state index is 9.16. The van der Waals surface area contributed by atoms with Crippen molar-refractivity contribution in [3.05, 3.63) is 65.7 Å². The van der Waals surface area contributed by atoms with Gasteiger partial charge in [0.2, 0.25) is 0 Å². The summed E-state index contributed by atoms with van der Waals surface area (Å²) in [7, 11) is 0. The number of nitrogens with two attached hydrogens (primary N) is 1. The topological polar surface area (TPSA) is 49.8 Å². The van der Waals surface area contributed by atoms with Crippen LogP contribution in [0.3, 0.4) is 0 Å². The number of halogens is 1. The first kappa shape index (κ1) is 13.8. The summed E-state index contributed by atoms with van der Waals surface area (Å²) in [6.45, 7) is 0. The normalized spacial score (nSPS) is 10.3. The Morgan fingerprint density at radius 3 is 2.39 bits per heavy atom. The number of benzene rings is 2. The van der Waals surface area contributed by atoms with Gasteiger partial charge in [-0.3, -0.25) is 0 Å². The van der Waals surface area contributed by atoms with Crippen LogP contribution in [0.2, 0.25) is 0 Å². The van der Waals surface area contributed by atoms with E-state index in [4.69, 9.17) is 11.0 Å². The number of nitrogens with zero attached hydrogens (tertiary/aromatic N) is 1. The van der Waals surface area contributed by atoms with E-state index in [0.717, 1.165) is 11.1 Å². The first-order valence-electron chi connectivity index (χ1n) is 5.32. The molecule has 0 bridgehead atoms. The van der Waals surface area contributed by atoms with Crippen molar-refractivity contribution in [2.45, 2.75) is 0 Å². The van der Waals surface area contributed by atoms with E-state index < -0.39 is 0 Å². The second kappa shape index (κ2) is 6.48. The fourth-order valence-electron chi connectivity index (χ4n) is 1.61. The number of nitrogen functional groups attached to an aromatic ring is 1. The molecule has 0 aliphatic carbocycles. The summed E-state index contributed by atoms with van der Waals surface area (Å²) in [5.41, 5.74) is 8.89. The molecule has 3 heteroatoms. The van der Waals surface area contributed by atoms with Gasteiger partial charge in [0.15, 0.2) is 0 Å². The lowest BCUT2D eigenvalue weighted by molar-refractivity contribution is 1.52. The van der Waals surface area contributed by atoms with E-state index in [2.05, 4.69) is 6.07 Å². The molecule has 0 saturated heterocycles. The zero-order chi connectivity index (χ0) is 12.1. The smallest absolute Gasteiger partial charge is 0.0998 e. The van der Waals surface area contributed by atoms with Crippen molar-refractivity contribution < 1.29 is 0 Å². The largest absolute Gasteiger partial charge is 0.399 e. The highest BCUT2D eigenvalue weighted by molar-refractivity contribution is 5.89. The Balaban J connectivity index is 0.00000162. The number of hydrogen-bond donors (Lipinski definition) is 1. The molecule has 0 heterocycles. The Morgan fingerprint density at radius 2 is 1.78 bits per heavy atom. The molecule has 2 rings (SSSR count). The van der Waals surface area contributed by atoms with Gasteiger partial charge >= 0.3 is 0 Å². The van der Waals surface area contributed by atoms with Crippen molar-refractivity contribution >= 4 is 29.7 Å². The van der Waals surface area contributed by atoms with E-state index in [1.54, 1.807) is 0 Å². The van der Waals surface area contributed by atoms with E-state index in [0.29, 0.717) is 11.3 Å². The molecule has 18 heavy (non-hydrogen) atoms. The van der Waals surface area contributed by atoms with Gasteiger partial charge in [0.1, 0.15) is 0 Å². The minimum absolute atomic E-state index is 0. The summed E-state index contributed by atoms with van der Waals surface area (Å²) in [6.07, 6.45) is 1.84. The molecule has 0 saturated carbocycles. The average molecular weight is 257 g/mol. The maximum atomic E-state index is 9.16. The predicted octanol–water partition coefficient (Wildman–Crippen LogP) is 3.75. The summed E-state index contributed by atoms with van der Waals surface area (Å²) < 4.78 is 0. The van der Waals surface area contributed by atoms with Crippen molar-refractivity contribution in [2.24, 2.45) is 0 Å². The van der Waals surface area contributed by atoms with Gasteiger partial charge in [-0.05, 0) is 29.3 Å². The lowest BCUT2D eigenvalue weighted by Crippen LogP contribution is -1.85. The first-order valence-corrected chi connectivity index (χ1v) is 5.32. The quantitative estimate of drug-likeness (QED) is 0.505. The SMILES string of the molecule is Cl.N#C/C(=C\c1cccc(N)c1)c1ccccc1. The summed E-state index contributed by atoms with van der Waals surface area (Å²) in [5, 5.41) is 9.16. The molecule has 2 N–H and O–H groups in total. The lowest BCUT2D eigenvalue weighted by Gasteiger charge is -2.00. The molecule has 2 aromatic rings. The molecule has 2 nitrogen and oxygen atoms in total. The fraction of sp³-hybridized carbons (Fsp3) is 0. The Morgan fingerprint density at radius 1 is 1.06 bits per heavy atom. The fourth-order valence-corrected chi connectivity index (χ4v) is 1.61. The van der Waals surface area contributed by atoms with Gasteiger partial charge in [-0.25, -0.2) is 0 Å². The van der Waals surface area contributed by atoms with Gasteiger partial charge in [0, 0.05) is 5.69 Å². The molecular weight excluding hydrogens is 244 g/mol. The van der Waals surface area contributed by atoms with Gasteiger partial charge in [-0.15, -0.1) is 12.4 Å². The van der Waals surface area contributed by atoms with Gasteiger partial charge in [0.25, 0.3) is 0 Å². The molecule has 0 aliphatic heterocycles. The number of allylic oxidation sites excluding steroid dienone is 1. The number of anilines is 1. The Kier molecular flexibility index (Phi) is 4.98. The van der Waals surface area contributed by atoms with Crippen LogP contribution in [0.1, 0.15) is 11.1 Å². The summed E-state index contributed by atoms with van der Waals surface area (Å²) in [5.74, 6) is 0. The Hall–Kier alpha value is -2.24. The van der Waals surface area contributed by atoms with E-state index in [-0.39, 0.29) is 12.4 Å². The third-order valence-electron chi connectivity index (χ3n) is 2.43. The molecule has 0 spiro atoms. The molecule has 0 amide bonds. The van der Waals surface area contributed by atoms with Crippen molar-refractivity contribution in [3.63, 3.8) is 0 Å². The molecule has 0 aliphatic rings. The summed E-state index contributed by atoms with van der Waals surface area (Å²) in [4.78, 5) is 0. The third kappa shape index (κ3) is 3.38. The third-order valence-corrected chi connectivity index (χ3v) is 2.43. The average Bonchev–Trinajstić information content (AvgIpc) is 2.37. The van der Waals surface area contributed by atoms with E-state index in [9.17, 15) is 0 Å². The van der Waals surface area contributed by atoms with Crippen molar-refractivity contribution in [3.8, 4) is 6.07 Å². The molecule has 90 valence electrons. The van der Waals surface area contributed by atoms with Crippen LogP contribution >= 0.6 is 12.4 Å². The minimum Gasteiger partial charge on any atom is -0.399 e. The van der Waals surface area contributed by atoms with Crippen LogP contribution in [0.15, 0.2) is 54.6 Å². The monoisotopic (exact) mass is 256 g/mol. The lowest BCUT2D eigenvalue weighted by atomic mass is 10.0. The molecule has 0 aromatic heterocycles. The molecule has 0 unspecified atom stereocenters. The highest BCUT2D eigenvalue weighted by Crippen LogP contribution is 2.18. The molecule has 0 atom stereocenters. The Bertz CT molecular complexity index is 583. The minimum atomic E-state index is 0. The van der Waals surface area contributed by atoms with Gasteiger partial charge < -0.3 is 5.73 Å². The van der Waals surface area contributed by atoms with Crippen LogP contribution in [0.4, 0.5) is 5.69 Å². The molecular formula is C15H13ClN2. The molecule has 0 fully saturated rings. The summed E-state index contributed by atoms with van der Waals surface area (Å²) >= 11 is 0. The van der Waals surface area contributed by atoms with E-state index >= 15 is 0 Å². The summed E-state index contributed by atoms with van der Waals surface area (Å²) in [6, 6.07) is 19.3. The zero-order valence-electron chi connectivity index (χ0n) is 9.71. The van der Waals surface area contributed by atoms with Gasteiger partial charge in [-0.2, -0.15) is 5.26 Å². The number of rotatable bonds is 2. The van der Waals surface area contributed by atoms with Crippen molar-refractivity contribution in [1.82, 2.24) is 0 Å². The van der Waals surface area contributed by atoms with Crippen molar-refractivity contribution in [2.75, 3.05) is 5.73 Å². The number of nitriles is 1. The van der Waals surface area contributed by atoms with Crippen LogP contribution < -0.4 is 5.73 Å². The number of hydrogen-bond acceptors (Lipinski definition) is 2. The van der Waals surface area contributed by atoms with Gasteiger partial charge in [-0.1, -0.05) is 42.5 Å². The highest BCUT2D eigenvalue weighted by atomic mass is 35.5. The van der Waals surface area contributed by atoms with Crippen LogP contribution in [0.5, 0.6) is 0 Å². The van der Waals surface area contributed by atoms with E-state index in [1.807, 2.05) is 60.7 Å². The zero-order valence-corrected chi connectivity index (χ0v) is 10.5. The second-order valence-electron chi connectivity index (χ2n) is 3.71. The maximum Gasteiger partial charge on any atom is 0.0998 e. The standard InChI is InChI=1S/C15H12N2.ClH/c16-11-14(13-6-2-1-3-7-13)9-12-5-4-8-15(17)10-12;/h1-10H,17H2;1H/b14-9+;. The van der Waals surface area contributed by atoms with E-state index in [1.165, 1.54) is 0 Å². The molecule has 0 radical (unpaired) electrons. The van der Waals surface area contributed by atoms with Gasteiger partial charge in [0.05, 0.1) is 11.6 Å². The Labute approximate surface area is 113 Å². The van der Waals surface area contributed by atoms with Crippen LogP contribution in [-0.2, 0) is 0 Å². The first-order chi connectivity index (χ1) is 8.29. The molecule has 2 aromatic carbocycles. The van der Waals surface area contributed by atoms with Crippen LogP contribution in [0.25, 0.3) is 11.6 Å². The van der Waals surface area contributed by atoms with Crippen molar-refractivity contribution in [1.29, 1.82) is 5.26 Å².